The SMILES string of the molecule is C#Cc1c(F)ccc2cccc(-c3nc4c5c(nc(OC[C@@]67CCCN6C[C@H](F)C7)nc5c3F)N3C[C@H]5CC[C@H](N5)[C@@H]3CC4)c12. The lowest BCUT2D eigenvalue weighted by atomic mass is 9.95. The maximum Gasteiger partial charge on any atom is 0.319 e. The monoisotopic (exact) mass is 610 g/mol. The van der Waals surface area contributed by atoms with E-state index < -0.39 is 23.3 Å². The molecule has 1 N–H and O–H groups in total. The molecule has 7 nitrogen and oxygen atoms in total. The molecule has 0 spiro atoms. The molecule has 5 atom stereocenters. The maximum absolute atomic E-state index is 17.0. The summed E-state index contributed by atoms with van der Waals surface area (Å²) in [6, 6.07) is 9.23. The number of piperazine rings is 1. The van der Waals surface area contributed by atoms with Crippen molar-refractivity contribution in [2.45, 2.75) is 74.8 Å². The first-order valence-corrected chi connectivity index (χ1v) is 16.1. The number of pyridine rings is 1. The van der Waals surface area contributed by atoms with Gasteiger partial charge in [0, 0.05) is 48.6 Å². The number of ether oxygens (including phenoxy) is 1. The van der Waals surface area contributed by atoms with Gasteiger partial charge in [-0.1, -0.05) is 30.2 Å². The van der Waals surface area contributed by atoms with Gasteiger partial charge in [0.15, 0.2) is 5.82 Å². The predicted molar refractivity (Wildman–Crippen MR) is 166 cm³/mol. The van der Waals surface area contributed by atoms with Crippen molar-refractivity contribution in [2.24, 2.45) is 0 Å². The number of aryl methyl sites for hydroxylation is 1. The highest BCUT2D eigenvalue weighted by Gasteiger charge is 2.50. The number of halogens is 3. The summed E-state index contributed by atoms with van der Waals surface area (Å²) in [5, 5.41) is 5.50. The van der Waals surface area contributed by atoms with Gasteiger partial charge in [-0.2, -0.15) is 9.97 Å². The molecule has 45 heavy (non-hydrogen) atoms. The van der Waals surface area contributed by atoms with E-state index in [1.165, 1.54) is 6.07 Å². The minimum Gasteiger partial charge on any atom is -0.461 e. The van der Waals surface area contributed by atoms with Gasteiger partial charge in [0.25, 0.3) is 0 Å². The first kappa shape index (κ1) is 27.4. The number of hydrogen-bond acceptors (Lipinski definition) is 7. The Kier molecular flexibility index (Phi) is 6.10. The Morgan fingerprint density at radius 2 is 1.98 bits per heavy atom. The average Bonchev–Trinajstić information content (AvgIpc) is 3.68. The number of anilines is 1. The Bertz CT molecular complexity index is 1930. The lowest BCUT2D eigenvalue weighted by Crippen LogP contribution is -2.58. The van der Waals surface area contributed by atoms with Crippen LogP contribution in [-0.2, 0) is 6.42 Å². The van der Waals surface area contributed by atoms with Crippen LogP contribution in [0.1, 0.15) is 49.8 Å². The van der Waals surface area contributed by atoms with Crippen molar-refractivity contribution in [3.63, 3.8) is 0 Å². The second kappa shape index (κ2) is 10.0. The largest absolute Gasteiger partial charge is 0.461 e. The molecule has 10 heteroatoms. The molecule has 7 heterocycles. The standard InChI is InChI=1S/C35H33F3N6O/c1-2-22-24(37)9-7-19-5-3-6-23(28(19)22)31-30(38)32-29-26(40-31)11-12-27-25-10-8-21(39-25)17-44(27)33(29)42-34(41-32)45-18-35-13-4-14-43(35)16-20(36)15-35/h1,3,5-7,9,20-21,25,27,39H,4,8,10-18H2/t20-,21-,25+,27+,35+/m1/s1. The molecular formula is C35H33F3N6O. The second-order valence-corrected chi connectivity index (χ2v) is 13.4. The molecule has 2 bridgehead atoms. The van der Waals surface area contributed by atoms with Crippen LogP contribution in [0, 0.1) is 24.0 Å². The zero-order valence-corrected chi connectivity index (χ0v) is 24.8. The Balaban J connectivity index is 1.24. The van der Waals surface area contributed by atoms with E-state index in [9.17, 15) is 8.78 Å². The predicted octanol–water partition coefficient (Wildman–Crippen LogP) is 5.32. The van der Waals surface area contributed by atoms with Crippen molar-refractivity contribution in [1.82, 2.24) is 25.2 Å². The van der Waals surface area contributed by atoms with E-state index in [0.717, 1.165) is 45.2 Å². The van der Waals surface area contributed by atoms with Crippen LogP contribution in [0.4, 0.5) is 19.0 Å². The van der Waals surface area contributed by atoms with E-state index in [0.29, 0.717) is 64.7 Å². The van der Waals surface area contributed by atoms with E-state index in [4.69, 9.17) is 26.1 Å². The molecule has 0 aliphatic carbocycles. The molecule has 5 aliphatic rings. The van der Waals surface area contributed by atoms with Crippen LogP contribution in [0.25, 0.3) is 32.9 Å². The number of nitrogens with one attached hydrogen (secondary N) is 1. The minimum atomic E-state index is -0.889. The first-order chi connectivity index (χ1) is 21.9. The van der Waals surface area contributed by atoms with Gasteiger partial charge < -0.3 is 15.0 Å². The Morgan fingerprint density at radius 3 is 2.87 bits per heavy atom. The fourth-order valence-corrected chi connectivity index (χ4v) is 8.95. The normalized spacial score (nSPS) is 28.7. The summed E-state index contributed by atoms with van der Waals surface area (Å²) in [4.78, 5) is 19.1. The minimum absolute atomic E-state index is 0.0741. The third kappa shape index (κ3) is 4.09. The topological polar surface area (TPSA) is 66.4 Å². The molecule has 0 saturated carbocycles. The molecule has 2 aromatic heterocycles. The van der Waals surface area contributed by atoms with Crippen molar-refractivity contribution < 1.29 is 17.9 Å². The summed E-state index contributed by atoms with van der Waals surface area (Å²) >= 11 is 0. The Morgan fingerprint density at radius 1 is 1.07 bits per heavy atom. The number of alkyl halides is 1. The summed E-state index contributed by atoms with van der Waals surface area (Å²) in [6.07, 6.45) is 10.7. The van der Waals surface area contributed by atoms with Gasteiger partial charge >= 0.3 is 6.01 Å². The summed E-state index contributed by atoms with van der Waals surface area (Å²) in [6.45, 7) is 2.26. The van der Waals surface area contributed by atoms with E-state index >= 15 is 4.39 Å². The van der Waals surface area contributed by atoms with Crippen LogP contribution in [0.15, 0.2) is 30.3 Å². The third-order valence-electron chi connectivity index (χ3n) is 11.0. The number of aromatic nitrogens is 3. The lowest BCUT2D eigenvalue weighted by molar-refractivity contribution is 0.107. The van der Waals surface area contributed by atoms with Gasteiger partial charge in [-0.3, -0.25) is 4.90 Å². The number of nitrogens with zero attached hydrogens (tertiary/aromatic N) is 5. The van der Waals surface area contributed by atoms with Gasteiger partial charge in [-0.05, 0) is 56.5 Å². The molecule has 5 aliphatic heterocycles. The molecule has 0 amide bonds. The number of terminal acetylenes is 1. The van der Waals surface area contributed by atoms with Crippen LogP contribution < -0.4 is 15.0 Å². The van der Waals surface area contributed by atoms with Crippen molar-refractivity contribution in [1.29, 1.82) is 0 Å². The first-order valence-electron chi connectivity index (χ1n) is 16.1. The summed E-state index contributed by atoms with van der Waals surface area (Å²) in [7, 11) is 0. The molecule has 2 aromatic carbocycles. The quantitative estimate of drug-likeness (QED) is 0.314. The molecule has 4 saturated heterocycles. The average molecular weight is 611 g/mol. The van der Waals surface area contributed by atoms with Crippen LogP contribution in [0.2, 0.25) is 0 Å². The number of benzene rings is 2. The van der Waals surface area contributed by atoms with Gasteiger partial charge in [0.2, 0.25) is 0 Å². The Hall–Kier alpha value is -3.94. The molecule has 0 unspecified atom stereocenters. The highest BCUT2D eigenvalue weighted by molar-refractivity contribution is 6.02. The molecule has 4 fully saturated rings. The van der Waals surface area contributed by atoms with E-state index in [1.54, 1.807) is 18.2 Å². The van der Waals surface area contributed by atoms with Crippen molar-refractivity contribution in [2.75, 3.05) is 31.1 Å². The molecule has 230 valence electrons. The maximum atomic E-state index is 17.0. The number of fused-ring (bicyclic) bond motifs is 7. The zero-order valence-electron chi connectivity index (χ0n) is 24.8. The lowest BCUT2D eigenvalue weighted by Gasteiger charge is -2.41. The van der Waals surface area contributed by atoms with Crippen LogP contribution in [-0.4, -0.2) is 75.9 Å². The molecular weight excluding hydrogens is 577 g/mol. The summed E-state index contributed by atoms with van der Waals surface area (Å²) < 4.78 is 52.8. The zero-order chi connectivity index (χ0) is 30.4. The van der Waals surface area contributed by atoms with Crippen LogP contribution in [0.5, 0.6) is 6.01 Å². The van der Waals surface area contributed by atoms with Gasteiger partial charge in [0.05, 0.1) is 22.2 Å². The number of hydrogen-bond donors (Lipinski definition) is 1. The molecule has 4 aromatic rings. The van der Waals surface area contributed by atoms with E-state index in [2.05, 4.69) is 21.0 Å². The fraction of sp³-hybridized carbons (Fsp3) is 0.457. The van der Waals surface area contributed by atoms with Crippen molar-refractivity contribution in [3.05, 3.63) is 53.2 Å². The van der Waals surface area contributed by atoms with Crippen molar-refractivity contribution in [3.8, 4) is 29.6 Å². The third-order valence-corrected chi connectivity index (χ3v) is 11.0. The Labute approximate surface area is 259 Å². The van der Waals surface area contributed by atoms with Gasteiger partial charge in [-0.25, -0.2) is 18.2 Å². The smallest absolute Gasteiger partial charge is 0.319 e. The highest BCUT2D eigenvalue weighted by atomic mass is 19.1. The van der Waals surface area contributed by atoms with E-state index in [-0.39, 0.29) is 35.4 Å². The van der Waals surface area contributed by atoms with Gasteiger partial charge in [-0.15, -0.1) is 6.42 Å². The number of rotatable bonds is 4. The molecule has 0 radical (unpaired) electrons. The van der Waals surface area contributed by atoms with Crippen LogP contribution in [0.3, 0.4) is 0 Å². The highest BCUT2D eigenvalue weighted by Crippen LogP contribution is 2.44. The summed E-state index contributed by atoms with van der Waals surface area (Å²) in [5.74, 6) is 1.95. The van der Waals surface area contributed by atoms with E-state index in [1.807, 2.05) is 6.07 Å². The van der Waals surface area contributed by atoms with Crippen LogP contribution >= 0.6 is 0 Å². The van der Waals surface area contributed by atoms with Gasteiger partial charge in [0.1, 0.15) is 35.6 Å². The van der Waals surface area contributed by atoms with Crippen molar-refractivity contribution >= 4 is 27.5 Å². The fourth-order valence-electron chi connectivity index (χ4n) is 8.95. The summed E-state index contributed by atoms with van der Waals surface area (Å²) in [5.41, 5.74) is 1.02. The molecule has 9 rings (SSSR count). The second-order valence-electron chi connectivity index (χ2n) is 13.4.